The van der Waals surface area contributed by atoms with Crippen molar-refractivity contribution in [3.05, 3.63) is 35.2 Å². The molecule has 0 spiro atoms. The minimum absolute atomic E-state index is 0.219. The second kappa shape index (κ2) is 17.1. The molecule has 2 aromatic rings. The van der Waals surface area contributed by atoms with Crippen molar-refractivity contribution in [1.82, 2.24) is 20.5 Å². The molecule has 0 atom stereocenters. The summed E-state index contributed by atoms with van der Waals surface area (Å²) in [6.45, 7) is 7.67. The molecule has 3 aliphatic rings. The number of hydrogen-bond donors (Lipinski definition) is 2. The Bertz CT molecular complexity index is 1200. The lowest BCUT2D eigenvalue weighted by Crippen LogP contribution is -2.60. The van der Waals surface area contributed by atoms with E-state index in [1.807, 2.05) is 23.9 Å². The fourth-order valence-electron chi connectivity index (χ4n) is 5.95. The number of amides is 2. The molecule has 2 aliphatic heterocycles. The van der Waals surface area contributed by atoms with Gasteiger partial charge in [-0.2, -0.15) is 11.8 Å². The van der Waals surface area contributed by atoms with Crippen LogP contribution in [0.25, 0.3) is 11.3 Å². The third-order valence-electron chi connectivity index (χ3n) is 8.64. The summed E-state index contributed by atoms with van der Waals surface area (Å²) in [7, 11) is 1.28. The standard InChI is InChI=1S/C29H39N5O5S.C3H8S/c1-38-25(35)19-30-27(37)29(11-3-2-4-12-29)32-26(36)22-7-5-21(6-8-22)24-20-40-28(31-24)34-13-9-23(10-14-34)33-15-17-39-18-16-33;1-3-4-2/h5-8,20,23H,2-4,9-19H2,1H3,(H,30,37)(H,32,36);3H2,1-2H3. The van der Waals surface area contributed by atoms with Gasteiger partial charge in [-0.1, -0.05) is 38.3 Å². The molecule has 242 valence electrons. The third kappa shape index (κ3) is 9.18. The zero-order valence-electron chi connectivity index (χ0n) is 26.3. The largest absolute Gasteiger partial charge is 0.468 e. The van der Waals surface area contributed by atoms with Crippen LogP contribution in [0.3, 0.4) is 0 Å². The number of nitrogens with one attached hydrogen (secondary N) is 2. The molecule has 1 aromatic heterocycles. The van der Waals surface area contributed by atoms with Crippen LogP contribution in [0.4, 0.5) is 5.13 Å². The summed E-state index contributed by atoms with van der Waals surface area (Å²) in [5, 5.41) is 8.73. The quantitative estimate of drug-likeness (QED) is 0.388. The summed E-state index contributed by atoms with van der Waals surface area (Å²) in [5.74, 6) is 0.0687. The van der Waals surface area contributed by atoms with Crippen molar-refractivity contribution in [2.45, 2.75) is 63.5 Å². The van der Waals surface area contributed by atoms with Gasteiger partial charge >= 0.3 is 5.97 Å². The maximum atomic E-state index is 13.2. The Labute approximate surface area is 269 Å². The molecule has 10 nitrogen and oxygen atoms in total. The highest BCUT2D eigenvalue weighted by Crippen LogP contribution is 2.31. The van der Waals surface area contributed by atoms with Crippen LogP contribution in [0, 0.1) is 0 Å². The molecule has 2 N–H and O–H groups in total. The number of carbonyl (C=O) groups is 3. The van der Waals surface area contributed by atoms with E-state index in [9.17, 15) is 14.4 Å². The summed E-state index contributed by atoms with van der Waals surface area (Å²) in [6.07, 6.45) is 8.13. The number of hydrogen-bond acceptors (Lipinski definition) is 10. The molecule has 2 amide bonds. The van der Waals surface area contributed by atoms with Gasteiger partial charge in [0.05, 0.1) is 26.0 Å². The lowest BCUT2D eigenvalue weighted by atomic mass is 9.80. The van der Waals surface area contributed by atoms with E-state index in [2.05, 4.69) is 43.7 Å². The van der Waals surface area contributed by atoms with E-state index in [1.165, 1.54) is 12.9 Å². The fourth-order valence-corrected chi connectivity index (χ4v) is 6.84. The molecule has 3 fully saturated rings. The molecule has 3 heterocycles. The van der Waals surface area contributed by atoms with Crippen molar-refractivity contribution < 1.29 is 23.9 Å². The van der Waals surface area contributed by atoms with E-state index in [0.29, 0.717) is 24.4 Å². The first-order valence-corrected chi connectivity index (χ1v) is 18.0. The molecule has 0 unspecified atom stereocenters. The number of morpholine rings is 1. The number of thioether (sulfide) groups is 1. The number of piperidine rings is 1. The molecular formula is C32H47N5O5S2. The molecule has 0 bridgehead atoms. The van der Waals surface area contributed by atoms with Gasteiger partial charge in [0.25, 0.3) is 5.91 Å². The van der Waals surface area contributed by atoms with Crippen LogP contribution in [-0.4, -0.2) is 104 Å². The van der Waals surface area contributed by atoms with Crippen LogP contribution < -0.4 is 15.5 Å². The fraction of sp³-hybridized carbons (Fsp3) is 0.625. The number of nitrogens with zero attached hydrogens (tertiary/aromatic N) is 3. The molecule has 1 saturated carbocycles. The van der Waals surface area contributed by atoms with Crippen LogP contribution in [0.15, 0.2) is 29.6 Å². The summed E-state index contributed by atoms with van der Waals surface area (Å²) in [4.78, 5) is 47.6. The van der Waals surface area contributed by atoms with Gasteiger partial charge in [-0.15, -0.1) is 11.3 Å². The Morgan fingerprint density at radius 3 is 2.34 bits per heavy atom. The van der Waals surface area contributed by atoms with Crippen LogP contribution in [-0.2, 0) is 19.1 Å². The van der Waals surface area contributed by atoms with Gasteiger partial charge in [-0.25, -0.2) is 4.98 Å². The highest BCUT2D eigenvalue weighted by atomic mass is 32.2. The maximum absolute atomic E-state index is 13.2. The molecule has 44 heavy (non-hydrogen) atoms. The monoisotopic (exact) mass is 645 g/mol. The van der Waals surface area contributed by atoms with E-state index >= 15 is 0 Å². The lowest BCUT2D eigenvalue weighted by molar-refractivity contribution is -0.142. The Morgan fingerprint density at radius 2 is 1.73 bits per heavy atom. The maximum Gasteiger partial charge on any atom is 0.325 e. The highest BCUT2D eigenvalue weighted by Gasteiger charge is 2.41. The SMILES string of the molecule is CCSC.COC(=O)CNC(=O)C1(NC(=O)c2ccc(-c3csc(N4CCC(N5CCOCC5)CC4)n3)cc2)CCCCC1. The number of aromatic nitrogens is 1. The zero-order chi connectivity index (χ0) is 31.4. The van der Waals surface area contributed by atoms with Crippen LogP contribution in [0.2, 0.25) is 0 Å². The molecule has 12 heteroatoms. The van der Waals surface area contributed by atoms with Crippen LogP contribution in [0.1, 0.15) is 62.2 Å². The smallest absolute Gasteiger partial charge is 0.325 e. The summed E-state index contributed by atoms with van der Waals surface area (Å²) < 4.78 is 10.1. The van der Waals surface area contributed by atoms with Gasteiger partial charge in [0.15, 0.2) is 5.13 Å². The van der Waals surface area contributed by atoms with Crippen molar-refractivity contribution >= 4 is 46.0 Å². The Balaban J connectivity index is 0.00000104. The Morgan fingerprint density at radius 1 is 1.07 bits per heavy atom. The van der Waals surface area contributed by atoms with E-state index in [4.69, 9.17) is 9.72 Å². The molecule has 1 aromatic carbocycles. The number of esters is 1. The number of thiazole rings is 1. The van der Waals surface area contributed by atoms with Gasteiger partial charge in [-0.05, 0) is 49.8 Å². The van der Waals surface area contributed by atoms with Gasteiger partial charge in [0, 0.05) is 48.7 Å². The molecule has 0 radical (unpaired) electrons. The Hall–Kier alpha value is -2.67. The minimum atomic E-state index is -1.03. The first kappa shape index (κ1) is 34.2. The summed E-state index contributed by atoms with van der Waals surface area (Å²) >= 11 is 3.51. The van der Waals surface area contributed by atoms with Crippen molar-refractivity contribution in [1.29, 1.82) is 0 Å². The third-order valence-corrected chi connectivity index (χ3v) is 10.1. The van der Waals surface area contributed by atoms with Crippen molar-refractivity contribution in [3.8, 4) is 11.3 Å². The summed E-state index contributed by atoms with van der Waals surface area (Å²) in [5.41, 5.74) is 1.30. The van der Waals surface area contributed by atoms with Crippen molar-refractivity contribution in [3.63, 3.8) is 0 Å². The van der Waals surface area contributed by atoms with Gasteiger partial charge in [-0.3, -0.25) is 19.3 Å². The average Bonchev–Trinajstić information content (AvgIpc) is 3.58. The molecular weight excluding hydrogens is 599 g/mol. The lowest BCUT2D eigenvalue weighted by Gasteiger charge is -2.40. The minimum Gasteiger partial charge on any atom is -0.468 e. The molecule has 1 aliphatic carbocycles. The first-order chi connectivity index (χ1) is 21.4. The van der Waals surface area contributed by atoms with Crippen molar-refractivity contribution in [2.24, 2.45) is 0 Å². The second-order valence-electron chi connectivity index (χ2n) is 11.4. The number of anilines is 1. The average molecular weight is 646 g/mol. The Kier molecular flexibility index (Phi) is 13.3. The second-order valence-corrected chi connectivity index (χ2v) is 13.4. The number of ether oxygens (including phenoxy) is 2. The topological polar surface area (TPSA) is 113 Å². The van der Waals surface area contributed by atoms with E-state index in [-0.39, 0.29) is 18.4 Å². The van der Waals surface area contributed by atoms with Crippen molar-refractivity contribution in [2.75, 3.05) is 70.0 Å². The zero-order valence-corrected chi connectivity index (χ0v) is 27.9. The number of carbonyl (C=O) groups excluding carboxylic acids is 3. The summed E-state index contributed by atoms with van der Waals surface area (Å²) in [6, 6.07) is 8.00. The van der Waals surface area contributed by atoms with Crippen LogP contribution in [0.5, 0.6) is 0 Å². The van der Waals surface area contributed by atoms with E-state index < -0.39 is 11.5 Å². The highest BCUT2D eigenvalue weighted by molar-refractivity contribution is 7.98. The molecule has 2 saturated heterocycles. The molecule has 5 rings (SSSR count). The normalized spacial score (nSPS) is 18.9. The first-order valence-electron chi connectivity index (χ1n) is 15.7. The van der Waals surface area contributed by atoms with E-state index in [1.54, 1.807) is 23.5 Å². The number of rotatable bonds is 9. The number of benzene rings is 1. The number of methoxy groups -OCH3 is 1. The predicted octanol–water partition coefficient (Wildman–Crippen LogP) is 4.20. The van der Waals surface area contributed by atoms with E-state index in [0.717, 1.165) is 87.9 Å². The predicted molar refractivity (Wildman–Crippen MR) is 178 cm³/mol. The van der Waals surface area contributed by atoms with Gasteiger partial charge in [0.1, 0.15) is 12.1 Å². The van der Waals surface area contributed by atoms with Crippen LogP contribution >= 0.6 is 23.1 Å². The van der Waals surface area contributed by atoms with Gasteiger partial charge in [0.2, 0.25) is 5.91 Å². The van der Waals surface area contributed by atoms with Gasteiger partial charge < -0.3 is 25.0 Å².